The van der Waals surface area contributed by atoms with Gasteiger partial charge in [-0.3, -0.25) is 9.89 Å². The van der Waals surface area contributed by atoms with E-state index in [0.717, 1.165) is 45.9 Å². The molecule has 3 heterocycles. The van der Waals surface area contributed by atoms with Gasteiger partial charge in [0.25, 0.3) is 0 Å². The molecule has 0 spiro atoms. The van der Waals surface area contributed by atoms with E-state index in [-0.39, 0.29) is 24.0 Å². The number of hydrogen-bond donors (Lipinski definition) is 1. The number of nitrogens with zero attached hydrogens (tertiary/aromatic N) is 3. The lowest BCUT2D eigenvalue weighted by Crippen LogP contribution is -2.45. The second-order valence-electron chi connectivity index (χ2n) is 6.12. The number of aliphatic imine (C=N–C) groups is 1. The van der Waals surface area contributed by atoms with Crippen molar-refractivity contribution in [2.45, 2.75) is 19.4 Å². The topological polar surface area (TPSA) is 54.1 Å². The van der Waals surface area contributed by atoms with Gasteiger partial charge >= 0.3 is 0 Å². The van der Waals surface area contributed by atoms with Gasteiger partial charge in [0.05, 0.1) is 13.2 Å². The minimum absolute atomic E-state index is 0. The van der Waals surface area contributed by atoms with E-state index in [1.807, 2.05) is 11.3 Å². The van der Waals surface area contributed by atoms with Gasteiger partial charge in [0.15, 0.2) is 5.96 Å². The van der Waals surface area contributed by atoms with Crippen LogP contribution in [-0.2, 0) is 11.3 Å². The van der Waals surface area contributed by atoms with Gasteiger partial charge in [-0.25, -0.2) is 0 Å². The lowest BCUT2D eigenvalue weighted by Gasteiger charge is -2.32. The Labute approximate surface area is 159 Å². The zero-order valence-electron chi connectivity index (χ0n) is 13.5. The number of nitrogens with two attached hydrogens (primary N) is 1. The van der Waals surface area contributed by atoms with Gasteiger partial charge in [0, 0.05) is 37.6 Å². The summed E-state index contributed by atoms with van der Waals surface area (Å²) < 4.78 is 5.35. The van der Waals surface area contributed by atoms with E-state index in [2.05, 4.69) is 32.3 Å². The first-order valence-electron chi connectivity index (χ1n) is 8.18. The lowest BCUT2D eigenvalue weighted by atomic mass is 9.98. The van der Waals surface area contributed by atoms with Crippen molar-refractivity contribution < 1.29 is 4.74 Å². The summed E-state index contributed by atoms with van der Waals surface area (Å²) in [5, 5.41) is 2.16. The maximum absolute atomic E-state index is 6.12. The highest BCUT2D eigenvalue weighted by atomic mass is 127. The summed E-state index contributed by atoms with van der Waals surface area (Å²) in [6.45, 7) is 7.52. The predicted octanol–water partition coefficient (Wildman–Crippen LogP) is 2.23. The van der Waals surface area contributed by atoms with E-state index >= 15 is 0 Å². The van der Waals surface area contributed by atoms with Gasteiger partial charge in [-0.05, 0) is 36.8 Å². The van der Waals surface area contributed by atoms with Crippen molar-refractivity contribution in [3.63, 3.8) is 0 Å². The Hall–Kier alpha value is -0.380. The smallest absolute Gasteiger partial charge is 0.191 e. The molecule has 2 fully saturated rings. The normalized spacial score (nSPS) is 23.6. The molecule has 23 heavy (non-hydrogen) atoms. The van der Waals surface area contributed by atoms with Crippen LogP contribution in [0.4, 0.5) is 0 Å². The van der Waals surface area contributed by atoms with Crippen LogP contribution in [0.15, 0.2) is 22.5 Å². The third-order valence-corrected chi connectivity index (χ3v) is 5.27. The SMILES string of the molecule is I.NC(=NCC1CCCN(Cc2cccs2)C1)N1CCOCC1. The maximum Gasteiger partial charge on any atom is 0.191 e. The fourth-order valence-electron chi connectivity index (χ4n) is 3.18. The van der Waals surface area contributed by atoms with Crippen molar-refractivity contribution in [3.05, 3.63) is 22.4 Å². The average Bonchev–Trinajstić information content (AvgIpc) is 3.07. The number of rotatable bonds is 4. The monoisotopic (exact) mass is 450 g/mol. The maximum atomic E-state index is 6.12. The number of ether oxygens (including phenoxy) is 1. The number of likely N-dealkylation sites (tertiary alicyclic amines) is 1. The first-order valence-corrected chi connectivity index (χ1v) is 9.06. The van der Waals surface area contributed by atoms with Crippen molar-refractivity contribution in [1.82, 2.24) is 9.80 Å². The number of hydrogen-bond acceptors (Lipinski definition) is 4. The fraction of sp³-hybridized carbons (Fsp3) is 0.688. The highest BCUT2D eigenvalue weighted by molar-refractivity contribution is 14.0. The number of thiophene rings is 1. The number of morpholine rings is 1. The van der Waals surface area contributed by atoms with Gasteiger partial charge in [0.1, 0.15) is 0 Å². The van der Waals surface area contributed by atoms with Crippen LogP contribution in [0.1, 0.15) is 17.7 Å². The lowest BCUT2D eigenvalue weighted by molar-refractivity contribution is 0.0673. The molecule has 130 valence electrons. The molecular weight excluding hydrogens is 423 g/mol. The van der Waals surface area contributed by atoms with Crippen LogP contribution in [-0.4, -0.2) is 61.7 Å². The van der Waals surface area contributed by atoms with Gasteiger partial charge in [-0.2, -0.15) is 0 Å². The summed E-state index contributed by atoms with van der Waals surface area (Å²) in [5.41, 5.74) is 6.12. The Balaban J connectivity index is 0.00000192. The van der Waals surface area contributed by atoms with Crippen LogP contribution in [0.2, 0.25) is 0 Å². The van der Waals surface area contributed by atoms with Crippen molar-refractivity contribution in [1.29, 1.82) is 0 Å². The van der Waals surface area contributed by atoms with Crippen LogP contribution >= 0.6 is 35.3 Å². The van der Waals surface area contributed by atoms with Crippen LogP contribution in [0.5, 0.6) is 0 Å². The second-order valence-corrected chi connectivity index (χ2v) is 7.15. The van der Waals surface area contributed by atoms with Crippen molar-refractivity contribution in [2.24, 2.45) is 16.6 Å². The van der Waals surface area contributed by atoms with Crippen LogP contribution < -0.4 is 5.73 Å². The molecule has 0 aliphatic carbocycles. The molecule has 7 heteroatoms. The van der Waals surface area contributed by atoms with Gasteiger partial charge in [-0.1, -0.05) is 6.07 Å². The minimum Gasteiger partial charge on any atom is -0.378 e. The van der Waals surface area contributed by atoms with E-state index in [9.17, 15) is 0 Å². The zero-order chi connectivity index (χ0) is 15.2. The Kier molecular flexibility index (Phi) is 8.08. The molecular formula is C16H27IN4OS. The van der Waals surface area contributed by atoms with E-state index in [0.29, 0.717) is 11.9 Å². The van der Waals surface area contributed by atoms with Crippen molar-refractivity contribution in [2.75, 3.05) is 45.9 Å². The molecule has 0 aromatic carbocycles. The first kappa shape index (κ1) is 19.0. The zero-order valence-corrected chi connectivity index (χ0v) is 16.7. The molecule has 1 atom stereocenters. The Morgan fingerprint density at radius 2 is 2.17 bits per heavy atom. The fourth-order valence-corrected chi connectivity index (χ4v) is 3.93. The van der Waals surface area contributed by atoms with Crippen LogP contribution in [0, 0.1) is 5.92 Å². The summed E-state index contributed by atoms with van der Waals surface area (Å²) >= 11 is 1.85. The van der Waals surface area contributed by atoms with Gasteiger partial charge < -0.3 is 15.4 Å². The summed E-state index contributed by atoms with van der Waals surface area (Å²) in [6.07, 6.45) is 2.53. The molecule has 1 unspecified atom stereocenters. The first-order chi connectivity index (χ1) is 10.8. The molecule has 2 saturated heterocycles. The largest absolute Gasteiger partial charge is 0.378 e. The summed E-state index contributed by atoms with van der Waals surface area (Å²) in [4.78, 5) is 10.8. The predicted molar refractivity (Wildman–Crippen MR) is 107 cm³/mol. The Bertz CT molecular complexity index is 476. The third-order valence-electron chi connectivity index (χ3n) is 4.41. The number of halogens is 1. The molecule has 3 rings (SSSR count). The molecule has 2 N–H and O–H groups in total. The molecule has 5 nitrogen and oxygen atoms in total. The average molecular weight is 450 g/mol. The van der Waals surface area contributed by atoms with Crippen LogP contribution in [0.3, 0.4) is 0 Å². The Morgan fingerprint density at radius 3 is 2.91 bits per heavy atom. The highest BCUT2D eigenvalue weighted by Crippen LogP contribution is 2.20. The molecule has 1 aromatic heterocycles. The van der Waals surface area contributed by atoms with Crippen LogP contribution in [0.25, 0.3) is 0 Å². The molecule has 1 aromatic rings. The van der Waals surface area contributed by atoms with E-state index in [1.165, 1.54) is 24.3 Å². The summed E-state index contributed by atoms with van der Waals surface area (Å²) in [7, 11) is 0. The highest BCUT2D eigenvalue weighted by Gasteiger charge is 2.20. The number of guanidine groups is 1. The molecule has 0 saturated carbocycles. The standard InChI is InChI=1S/C16H26N4OS.HI/c17-16(20-6-8-21-9-7-20)18-11-14-3-1-5-19(12-14)13-15-4-2-10-22-15;/h2,4,10,14H,1,3,5-9,11-13H2,(H2,17,18);1H. The quantitative estimate of drug-likeness (QED) is 0.435. The molecule has 0 bridgehead atoms. The molecule has 2 aliphatic heterocycles. The van der Waals surface area contributed by atoms with Crippen molar-refractivity contribution in [3.8, 4) is 0 Å². The van der Waals surface area contributed by atoms with Gasteiger partial charge in [-0.15, -0.1) is 35.3 Å². The molecule has 0 amide bonds. The third kappa shape index (κ3) is 5.88. The minimum atomic E-state index is 0. The van der Waals surface area contributed by atoms with Gasteiger partial charge in [0.2, 0.25) is 0 Å². The number of piperidine rings is 1. The summed E-state index contributed by atoms with van der Waals surface area (Å²) in [6, 6.07) is 4.36. The molecule has 2 aliphatic rings. The second kappa shape index (κ2) is 9.80. The summed E-state index contributed by atoms with van der Waals surface area (Å²) in [5.74, 6) is 1.33. The Morgan fingerprint density at radius 1 is 1.35 bits per heavy atom. The van der Waals surface area contributed by atoms with E-state index < -0.39 is 0 Å². The van der Waals surface area contributed by atoms with Crippen molar-refractivity contribution >= 4 is 41.3 Å². The van der Waals surface area contributed by atoms with E-state index in [1.54, 1.807) is 0 Å². The molecule has 0 radical (unpaired) electrons. The van der Waals surface area contributed by atoms with E-state index in [4.69, 9.17) is 10.5 Å².